The molecular formula is C7H14O. The lowest BCUT2D eigenvalue weighted by Gasteiger charge is -2.04. The maximum absolute atomic E-state index is 8.77. The molecule has 48 valence electrons. The van der Waals surface area contributed by atoms with Gasteiger partial charge >= 0.3 is 0 Å². The fourth-order valence-electron chi connectivity index (χ4n) is 0.400. The average Bonchev–Trinajstić information content (AvgIpc) is 1.84. The monoisotopic (exact) mass is 116 g/mol. The smallest absolute Gasteiger partial charge is 0.0853 e. The topological polar surface area (TPSA) is 20.2 Å². The maximum Gasteiger partial charge on any atom is 0.0853 e. The molecular weight excluding hydrogens is 100 g/mol. The first-order chi connectivity index (χ1) is 4.46. The SMILES string of the molecule is [2H][C@H](C(=C)O)[C@@H](C)[C@@H]([2H])C. The van der Waals surface area contributed by atoms with E-state index in [1.807, 2.05) is 0 Å². The molecule has 0 aromatic carbocycles. The lowest BCUT2D eigenvalue weighted by atomic mass is 10.1. The van der Waals surface area contributed by atoms with Gasteiger partial charge in [0.25, 0.3) is 0 Å². The van der Waals surface area contributed by atoms with E-state index in [-0.39, 0.29) is 18.1 Å². The number of hydrogen-bond donors (Lipinski definition) is 1. The first-order valence-corrected chi connectivity index (χ1v) is 2.69. The van der Waals surface area contributed by atoms with Crippen LogP contribution in [0.15, 0.2) is 12.3 Å². The van der Waals surface area contributed by atoms with Crippen LogP contribution in [-0.2, 0) is 0 Å². The highest BCUT2D eigenvalue weighted by Gasteiger charge is 1.97. The van der Waals surface area contributed by atoms with E-state index in [2.05, 4.69) is 6.58 Å². The van der Waals surface area contributed by atoms with Crippen molar-refractivity contribution >= 4 is 0 Å². The lowest BCUT2D eigenvalue weighted by molar-refractivity contribution is 0.357. The van der Waals surface area contributed by atoms with Gasteiger partial charge in [-0.15, -0.1) is 0 Å². The third kappa shape index (κ3) is 3.72. The Kier molecular flexibility index (Phi) is 1.95. The highest BCUT2D eigenvalue weighted by molar-refractivity contribution is 4.80. The number of aliphatic hydroxyl groups excluding tert-OH is 1. The Morgan fingerprint density at radius 3 is 2.62 bits per heavy atom. The fraction of sp³-hybridized carbons (Fsp3) is 0.714. The maximum atomic E-state index is 8.77. The molecule has 0 aromatic heterocycles. The Morgan fingerprint density at radius 1 is 2.00 bits per heavy atom. The van der Waals surface area contributed by atoms with Gasteiger partial charge in [-0.3, -0.25) is 0 Å². The third-order valence-corrected chi connectivity index (χ3v) is 0.981. The molecule has 0 aliphatic heterocycles. The Balaban J connectivity index is 3.94. The highest BCUT2D eigenvalue weighted by atomic mass is 16.3. The number of allylic oxidation sites excluding steroid dienone is 1. The molecule has 0 aliphatic carbocycles. The molecule has 0 amide bonds. The molecule has 0 unspecified atom stereocenters. The second-order valence-corrected chi connectivity index (χ2v) is 1.85. The molecule has 0 saturated carbocycles. The zero-order valence-electron chi connectivity index (χ0n) is 7.39. The van der Waals surface area contributed by atoms with E-state index in [1.165, 1.54) is 0 Å². The summed E-state index contributed by atoms with van der Waals surface area (Å²) < 4.78 is 14.5. The van der Waals surface area contributed by atoms with Crippen molar-refractivity contribution in [1.82, 2.24) is 0 Å². The summed E-state index contributed by atoms with van der Waals surface area (Å²) in [5.41, 5.74) is 0. The van der Waals surface area contributed by atoms with Gasteiger partial charge in [0.1, 0.15) is 0 Å². The quantitative estimate of drug-likeness (QED) is 0.562. The summed E-state index contributed by atoms with van der Waals surface area (Å²) in [6.45, 7) is 6.71. The van der Waals surface area contributed by atoms with Crippen molar-refractivity contribution in [2.45, 2.75) is 26.6 Å². The molecule has 3 atom stereocenters. The molecule has 1 nitrogen and oxygen atoms in total. The van der Waals surface area contributed by atoms with Crippen LogP contribution >= 0.6 is 0 Å². The third-order valence-electron chi connectivity index (χ3n) is 0.981. The van der Waals surface area contributed by atoms with E-state index in [9.17, 15) is 0 Å². The Labute approximate surface area is 53.8 Å². The van der Waals surface area contributed by atoms with E-state index in [0.717, 1.165) is 0 Å². The van der Waals surface area contributed by atoms with Crippen LogP contribution in [-0.4, -0.2) is 5.11 Å². The zero-order chi connectivity index (χ0) is 8.31. The van der Waals surface area contributed by atoms with E-state index >= 15 is 0 Å². The zero-order valence-corrected chi connectivity index (χ0v) is 5.39. The van der Waals surface area contributed by atoms with E-state index in [4.69, 9.17) is 7.85 Å². The summed E-state index contributed by atoms with van der Waals surface area (Å²) in [4.78, 5) is 0. The van der Waals surface area contributed by atoms with Crippen LogP contribution < -0.4 is 0 Å². The second-order valence-electron chi connectivity index (χ2n) is 1.85. The van der Waals surface area contributed by atoms with Crippen LogP contribution in [0.4, 0.5) is 0 Å². The molecule has 1 N–H and O–H groups in total. The summed E-state index contributed by atoms with van der Waals surface area (Å²) in [6.07, 6.45) is -1.04. The first-order valence-electron chi connectivity index (χ1n) is 3.84. The molecule has 0 aromatic rings. The van der Waals surface area contributed by atoms with Gasteiger partial charge < -0.3 is 5.11 Å². The van der Waals surface area contributed by atoms with Gasteiger partial charge in [0.05, 0.1) is 5.76 Å². The molecule has 0 fully saturated rings. The summed E-state index contributed by atoms with van der Waals surface area (Å²) in [7, 11) is 0. The van der Waals surface area contributed by atoms with Gasteiger partial charge in [-0.25, -0.2) is 0 Å². The van der Waals surface area contributed by atoms with Crippen molar-refractivity contribution in [3.05, 3.63) is 12.3 Å². The molecule has 0 saturated heterocycles. The minimum absolute atomic E-state index is 0.147. The van der Waals surface area contributed by atoms with Crippen LogP contribution in [0.25, 0.3) is 0 Å². The molecule has 0 aliphatic rings. The van der Waals surface area contributed by atoms with Gasteiger partial charge in [-0.1, -0.05) is 26.8 Å². The number of rotatable bonds is 3. The normalized spacial score (nSPS) is 24.8. The summed E-state index contributed by atoms with van der Waals surface area (Å²) in [5, 5.41) is 8.77. The van der Waals surface area contributed by atoms with Crippen molar-refractivity contribution in [2.75, 3.05) is 0 Å². The minimum Gasteiger partial charge on any atom is -0.513 e. The minimum atomic E-state index is -0.715. The van der Waals surface area contributed by atoms with Crippen LogP contribution in [0.2, 0.25) is 0 Å². The van der Waals surface area contributed by atoms with Crippen molar-refractivity contribution in [3.63, 3.8) is 0 Å². The van der Waals surface area contributed by atoms with Crippen LogP contribution in [0, 0.1) is 5.92 Å². The van der Waals surface area contributed by atoms with Crippen molar-refractivity contribution in [2.24, 2.45) is 5.92 Å². The van der Waals surface area contributed by atoms with Crippen LogP contribution in [0.3, 0.4) is 0 Å². The molecule has 0 rings (SSSR count). The van der Waals surface area contributed by atoms with Gasteiger partial charge in [0.2, 0.25) is 0 Å². The van der Waals surface area contributed by atoms with Crippen molar-refractivity contribution < 1.29 is 7.85 Å². The van der Waals surface area contributed by atoms with Crippen molar-refractivity contribution in [1.29, 1.82) is 0 Å². The van der Waals surface area contributed by atoms with Crippen LogP contribution in [0.5, 0.6) is 0 Å². The van der Waals surface area contributed by atoms with Gasteiger partial charge in [0.15, 0.2) is 0 Å². The molecule has 0 heterocycles. The predicted octanol–water partition coefficient (Wildman–Crippen LogP) is 2.49. The van der Waals surface area contributed by atoms with Gasteiger partial charge in [0, 0.05) is 9.14 Å². The van der Waals surface area contributed by atoms with E-state index < -0.39 is 6.40 Å². The summed E-state index contributed by atoms with van der Waals surface area (Å²) >= 11 is 0. The van der Waals surface area contributed by atoms with Crippen molar-refractivity contribution in [3.8, 4) is 0 Å². The summed E-state index contributed by atoms with van der Waals surface area (Å²) in [5.74, 6) is -0.302. The molecule has 0 spiro atoms. The Bertz CT molecular complexity index is 123. The first kappa shape index (κ1) is 4.42. The second kappa shape index (κ2) is 3.53. The highest BCUT2D eigenvalue weighted by Crippen LogP contribution is 2.09. The molecule has 0 bridgehead atoms. The lowest BCUT2D eigenvalue weighted by Crippen LogP contribution is -1.92. The molecule has 8 heavy (non-hydrogen) atoms. The van der Waals surface area contributed by atoms with Crippen LogP contribution in [0.1, 0.15) is 29.4 Å². The van der Waals surface area contributed by atoms with Gasteiger partial charge in [-0.2, -0.15) is 0 Å². The number of aliphatic hydroxyl groups is 1. The fourth-order valence-corrected chi connectivity index (χ4v) is 0.400. The molecule has 0 radical (unpaired) electrons. The van der Waals surface area contributed by atoms with E-state index in [0.29, 0.717) is 0 Å². The Morgan fingerprint density at radius 2 is 2.50 bits per heavy atom. The number of hydrogen-bond acceptors (Lipinski definition) is 1. The van der Waals surface area contributed by atoms with Gasteiger partial charge in [-0.05, 0) is 5.92 Å². The largest absolute Gasteiger partial charge is 0.513 e. The summed E-state index contributed by atoms with van der Waals surface area (Å²) in [6, 6.07) is 0. The standard InChI is InChI=1S/C7H14O/c1-4-6(2)5-7(3)8/h6,8H,3-5H2,1-2H3/t6-/m0/s1/i4D,5D/t4-,5-,6-. The Hall–Kier alpha value is -0.460. The van der Waals surface area contributed by atoms with E-state index in [1.54, 1.807) is 13.8 Å². The molecule has 1 heteroatoms. The predicted molar refractivity (Wildman–Crippen MR) is 35.8 cm³/mol. The average molecular weight is 116 g/mol.